The molecule has 126 valence electrons. The minimum Gasteiger partial charge on any atom is -0.397 e. The molecule has 1 aromatic carbocycles. The van der Waals surface area contributed by atoms with E-state index in [2.05, 4.69) is 10.5 Å². The fourth-order valence-electron chi connectivity index (χ4n) is 1.80. The maximum atomic E-state index is 11.5. The van der Waals surface area contributed by atoms with Gasteiger partial charge in [-0.15, -0.1) is 9.74 Å². The van der Waals surface area contributed by atoms with E-state index in [0.717, 1.165) is 18.2 Å². The molecular weight excluding hydrogens is 395 g/mol. The Labute approximate surface area is 140 Å². The van der Waals surface area contributed by atoms with Crippen LogP contribution in [0.1, 0.15) is 5.56 Å². The molecule has 1 aromatic rings. The Hall–Kier alpha value is -1.57. The van der Waals surface area contributed by atoms with Crippen molar-refractivity contribution < 1.29 is 25.9 Å². The van der Waals surface area contributed by atoms with Crippen molar-refractivity contribution in [3.05, 3.63) is 28.9 Å². The lowest BCUT2D eigenvalue weighted by molar-refractivity contribution is 0.405. The SMILES string of the molecule is Nc1c(S(=O)(=O)O)ccc(S(=O)(=O)O)c1C1=NN(Cl)NC(Cl)=C1. The fourth-order valence-corrected chi connectivity index (χ4v) is 3.53. The Bertz CT molecular complexity index is 941. The molecule has 1 aliphatic heterocycles. The van der Waals surface area contributed by atoms with E-state index >= 15 is 0 Å². The average Bonchev–Trinajstić information content (AvgIpc) is 2.34. The molecule has 0 saturated heterocycles. The first-order valence-electron chi connectivity index (χ1n) is 5.47. The van der Waals surface area contributed by atoms with Crippen LogP contribution >= 0.6 is 23.4 Å². The summed E-state index contributed by atoms with van der Waals surface area (Å²) < 4.78 is 64.6. The number of hydrazine groups is 1. The van der Waals surface area contributed by atoms with Gasteiger partial charge in [-0.25, -0.2) is 0 Å². The molecule has 0 aromatic heterocycles. The Balaban J connectivity index is 2.89. The van der Waals surface area contributed by atoms with Crippen LogP contribution in [0.5, 0.6) is 0 Å². The Morgan fingerprint density at radius 1 is 1.13 bits per heavy atom. The van der Waals surface area contributed by atoms with Crippen LogP contribution in [0.25, 0.3) is 0 Å². The number of nitrogens with zero attached hydrogens (tertiary/aromatic N) is 2. The highest BCUT2D eigenvalue weighted by atomic mass is 35.5. The number of nitrogens with one attached hydrogen (secondary N) is 1. The molecule has 2 rings (SSSR count). The van der Waals surface area contributed by atoms with Gasteiger partial charge in [0, 0.05) is 11.6 Å². The van der Waals surface area contributed by atoms with Gasteiger partial charge in [0.05, 0.1) is 17.5 Å². The highest BCUT2D eigenvalue weighted by molar-refractivity contribution is 7.86. The van der Waals surface area contributed by atoms with Gasteiger partial charge in [-0.05, 0) is 12.1 Å². The van der Waals surface area contributed by atoms with Crippen molar-refractivity contribution in [2.45, 2.75) is 9.79 Å². The van der Waals surface area contributed by atoms with Crippen LogP contribution in [0, 0.1) is 0 Å². The van der Waals surface area contributed by atoms with Crippen LogP contribution in [-0.4, -0.2) is 36.3 Å². The molecule has 0 unspecified atom stereocenters. The number of hydrogen-bond donors (Lipinski definition) is 4. The van der Waals surface area contributed by atoms with Crippen LogP contribution in [0.3, 0.4) is 0 Å². The standard InChI is InChI=1S/C9H8Cl2N4O6S2/c10-7-3-4(13-15(11)14-7)8-5(22(16,17)18)1-2-6(9(8)12)23(19,20)21/h1-3,14H,12H2,(H,16,17,18)(H,19,20,21). The third-order valence-electron chi connectivity index (χ3n) is 2.64. The zero-order chi connectivity index (χ0) is 17.6. The van der Waals surface area contributed by atoms with E-state index in [-0.39, 0.29) is 10.9 Å². The molecular formula is C9H8Cl2N4O6S2. The number of allylic oxidation sites excluding steroid dienone is 1. The maximum Gasteiger partial charge on any atom is 0.296 e. The third kappa shape index (κ3) is 3.68. The first-order valence-corrected chi connectivity index (χ1v) is 9.07. The number of halogens is 2. The number of hydrazone groups is 1. The molecule has 1 aliphatic rings. The van der Waals surface area contributed by atoms with Crippen LogP contribution in [-0.2, 0) is 20.2 Å². The van der Waals surface area contributed by atoms with Gasteiger partial charge in [-0.3, -0.25) is 14.5 Å². The van der Waals surface area contributed by atoms with E-state index in [1.165, 1.54) is 0 Å². The van der Waals surface area contributed by atoms with E-state index in [4.69, 9.17) is 33.7 Å². The lowest BCUT2D eigenvalue weighted by Gasteiger charge is -2.20. The molecule has 5 N–H and O–H groups in total. The zero-order valence-electron chi connectivity index (χ0n) is 10.8. The second kappa shape index (κ2) is 5.81. The second-order valence-electron chi connectivity index (χ2n) is 4.15. The van der Waals surface area contributed by atoms with Crippen LogP contribution in [0.2, 0.25) is 0 Å². The number of rotatable bonds is 3. The second-order valence-corrected chi connectivity index (χ2v) is 7.66. The minimum absolute atomic E-state index is 0.0945. The van der Waals surface area contributed by atoms with Crippen molar-refractivity contribution in [2.24, 2.45) is 5.10 Å². The largest absolute Gasteiger partial charge is 0.397 e. The van der Waals surface area contributed by atoms with Gasteiger partial charge < -0.3 is 5.73 Å². The highest BCUT2D eigenvalue weighted by Crippen LogP contribution is 2.31. The van der Waals surface area contributed by atoms with Gasteiger partial charge in [0.15, 0.2) is 0 Å². The number of nitrogen functional groups attached to an aromatic ring is 1. The van der Waals surface area contributed by atoms with E-state index < -0.39 is 41.3 Å². The lowest BCUT2D eigenvalue weighted by atomic mass is 10.1. The topological polar surface area (TPSA) is 162 Å². The molecule has 0 atom stereocenters. The van der Waals surface area contributed by atoms with Gasteiger partial charge >= 0.3 is 0 Å². The molecule has 0 radical (unpaired) electrons. The van der Waals surface area contributed by atoms with Gasteiger partial charge in [0.1, 0.15) is 20.7 Å². The van der Waals surface area contributed by atoms with Crippen LogP contribution < -0.4 is 11.2 Å². The van der Waals surface area contributed by atoms with Gasteiger partial charge in [-0.2, -0.15) is 16.8 Å². The van der Waals surface area contributed by atoms with Crippen molar-refractivity contribution in [1.29, 1.82) is 0 Å². The normalized spacial score (nSPS) is 15.7. The van der Waals surface area contributed by atoms with E-state index in [9.17, 15) is 21.4 Å². The highest BCUT2D eigenvalue weighted by Gasteiger charge is 2.28. The number of benzene rings is 1. The van der Waals surface area contributed by atoms with Crippen molar-refractivity contribution in [2.75, 3.05) is 5.73 Å². The summed E-state index contributed by atoms with van der Waals surface area (Å²) in [4.78, 5) is -1.51. The molecule has 0 saturated carbocycles. The summed E-state index contributed by atoms with van der Waals surface area (Å²) in [6.07, 6.45) is 1.09. The predicted octanol–water partition coefficient (Wildman–Crippen LogP) is 0.521. The predicted molar refractivity (Wildman–Crippen MR) is 81.8 cm³/mol. The summed E-state index contributed by atoms with van der Waals surface area (Å²) in [6, 6.07) is 1.47. The van der Waals surface area contributed by atoms with Gasteiger partial charge in [0.2, 0.25) is 0 Å². The summed E-state index contributed by atoms with van der Waals surface area (Å²) in [5.74, 6) is 0. The average molecular weight is 403 g/mol. The molecule has 0 aliphatic carbocycles. The van der Waals surface area contributed by atoms with E-state index in [1.807, 2.05) is 0 Å². The molecule has 14 heteroatoms. The molecule has 0 spiro atoms. The van der Waals surface area contributed by atoms with Gasteiger partial charge in [-0.1, -0.05) is 11.6 Å². The third-order valence-corrected chi connectivity index (χ3v) is 4.80. The van der Waals surface area contributed by atoms with E-state index in [1.54, 1.807) is 0 Å². The summed E-state index contributed by atoms with van der Waals surface area (Å²) in [6.45, 7) is 0. The minimum atomic E-state index is -4.79. The summed E-state index contributed by atoms with van der Waals surface area (Å²) in [5, 5.41) is 3.58. The fraction of sp³-hybridized carbons (Fsp3) is 0. The first kappa shape index (κ1) is 17.8. The smallest absolute Gasteiger partial charge is 0.296 e. The van der Waals surface area contributed by atoms with Crippen molar-refractivity contribution in [1.82, 2.24) is 10.1 Å². The molecule has 23 heavy (non-hydrogen) atoms. The molecule has 0 fully saturated rings. The monoisotopic (exact) mass is 402 g/mol. The number of nitrogens with two attached hydrogens (primary N) is 1. The Kier molecular flexibility index (Phi) is 4.49. The number of anilines is 1. The summed E-state index contributed by atoms with van der Waals surface area (Å²) in [7, 11) is -9.55. The summed E-state index contributed by atoms with van der Waals surface area (Å²) in [5.41, 5.74) is 6.54. The molecule has 0 amide bonds. The van der Waals surface area contributed by atoms with Crippen molar-refractivity contribution >= 4 is 55.0 Å². The zero-order valence-corrected chi connectivity index (χ0v) is 13.9. The summed E-state index contributed by atoms with van der Waals surface area (Å²) >= 11 is 11.3. The quantitative estimate of drug-likeness (QED) is 0.244. The molecule has 0 bridgehead atoms. The molecule has 10 nitrogen and oxygen atoms in total. The lowest BCUT2D eigenvalue weighted by Crippen LogP contribution is -2.29. The maximum absolute atomic E-state index is 11.5. The first-order chi connectivity index (χ1) is 10.4. The Morgan fingerprint density at radius 3 is 2.13 bits per heavy atom. The van der Waals surface area contributed by atoms with Crippen LogP contribution in [0.15, 0.2) is 38.3 Å². The van der Waals surface area contributed by atoms with Crippen LogP contribution in [0.4, 0.5) is 5.69 Å². The van der Waals surface area contributed by atoms with Crippen molar-refractivity contribution in [3.8, 4) is 0 Å². The van der Waals surface area contributed by atoms with Gasteiger partial charge in [0.25, 0.3) is 20.2 Å². The number of hydrogen-bond acceptors (Lipinski definition) is 8. The Morgan fingerprint density at radius 2 is 1.65 bits per heavy atom. The van der Waals surface area contributed by atoms with Crippen molar-refractivity contribution in [3.63, 3.8) is 0 Å². The molecule has 1 heterocycles. The van der Waals surface area contributed by atoms with E-state index in [0.29, 0.717) is 4.64 Å².